The van der Waals surface area contributed by atoms with Gasteiger partial charge in [-0.25, -0.2) is 17.5 Å². The molecular weight excluding hydrogens is 404 g/mol. The van der Waals surface area contributed by atoms with E-state index in [1.807, 2.05) is 0 Å². The van der Waals surface area contributed by atoms with E-state index in [4.69, 9.17) is 16.3 Å². The number of halogens is 1. The van der Waals surface area contributed by atoms with E-state index in [1.165, 1.54) is 39.4 Å². The summed E-state index contributed by atoms with van der Waals surface area (Å²) in [6.07, 6.45) is 0.586. The quantitative estimate of drug-likeness (QED) is 0.707. The molecule has 0 unspecified atom stereocenters. The predicted molar refractivity (Wildman–Crippen MR) is 105 cm³/mol. The third kappa shape index (κ3) is 3.50. The average molecular weight is 423 g/mol. The molecule has 9 heteroatoms. The van der Waals surface area contributed by atoms with Crippen LogP contribution in [0.4, 0.5) is 5.69 Å². The molecule has 0 spiro atoms. The van der Waals surface area contributed by atoms with Crippen LogP contribution >= 0.6 is 11.6 Å². The Balaban J connectivity index is 1.96. The van der Waals surface area contributed by atoms with Crippen molar-refractivity contribution in [2.24, 2.45) is 0 Å². The lowest BCUT2D eigenvalue weighted by molar-refractivity contribution is 0.0600. The van der Waals surface area contributed by atoms with E-state index >= 15 is 0 Å². The van der Waals surface area contributed by atoms with E-state index in [-0.39, 0.29) is 21.4 Å². The number of ether oxygens (including phenoxy) is 1. The number of nitrogens with zero attached hydrogens (tertiary/aromatic N) is 2. The van der Waals surface area contributed by atoms with Gasteiger partial charge in [0, 0.05) is 31.9 Å². The van der Waals surface area contributed by atoms with Crippen molar-refractivity contribution in [3.63, 3.8) is 0 Å². The number of carbonyl (C=O) groups excluding carboxylic acids is 2. The summed E-state index contributed by atoms with van der Waals surface area (Å²) in [5.41, 5.74) is 2.17. The zero-order valence-corrected chi connectivity index (χ0v) is 17.2. The van der Waals surface area contributed by atoms with Gasteiger partial charge in [0.05, 0.1) is 17.7 Å². The number of esters is 1. The zero-order chi connectivity index (χ0) is 20.6. The zero-order valence-electron chi connectivity index (χ0n) is 15.6. The van der Waals surface area contributed by atoms with E-state index in [1.54, 1.807) is 23.1 Å². The third-order valence-corrected chi connectivity index (χ3v) is 6.87. The highest BCUT2D eigenvalue weighted by Gasteiger charge is 2.28. The van der Waals surface area contributed by atoms with Crippen molar-refractivity contribution in [2.75, 3.05) is 32.6 Å². The second kappa shape index (κ2) is 7.54. The van der Waals surface area contributed by atoms with Gasteiger partial charge in [-0.3, -0.25) is 4.79 Å². The van der Waals surface area contributed by atoms with Gasteiger partial charge in [-0.05, 0) is 48.4 Å². The summed E-state index contributed by atoms with van der Waals surface area (Å²) in [5.74, 6) is -0.778. The van der Waals surface area contributed by atoms with Gasteiger partial charge in [0.25, 0.3) is 5.91 Å². The molecule has 0 N–H and O–H groups in total. The van der Waals surface area contributed by atoms with Crippen LogP contribution in [0.1, 0.15) is 26.3 Å². The molecule has 7 nitrogen and oxygen atoms in total. The molecule has 0 saturated carbocycles. The van der Waals surface area contributed by atoms with Crippen LogP contribution in [0.5, 0.6) is 0 Å². The van der Waals surface area contributed by atoms with Gasteiger partial charge in [-0.15, -0.1) is 0 Å². The molecule has 1 amide bonds. The molecule has 28 heavy (non-hydrogen) atoms. The topological polar surface area (TPSA) is 84.0 Å². The summed E-state index contributed by atoms with van der Waals surface area (Å²) < 4.78 is 30.7. The molecule has 0 bridgehead atoms. The lowest BCUT2D eigenvalue weighted by Crippen LogP contribution is -2.29. The molecule has 2 aromatic carbocycles. The summed E-state index contributed by atoms with van der Waals surface area (Å²) in [4.78, 5) is 26.2. The minimum atomic E-state index is -3.79. The first-order valence-electron chi connectivity index (χ1n) is 8.42. The number of anilines is 1. The number of carbonyl (C=O) groups is 2. The van der Waals surface area contributed by atoms with Crippen LogP contribution in [-0.4, -0.2) is 52.3 Å². The minimum absolute atomic E-state index is 0.0507. The highest BCUT2D eigenvalue weighted by atomic mass is 35.5. The fourth-order valence-corrected chi connectivity index (χ4v) is 4.44. The van der Waals surface area contributed by atoms with Crippen molar-refractivity contribution in [1.29, 1.82) is 0 Å². The molecule has 0 fully saturated rings. The molecule has 2 aromatic rings. The molecular formula is C19H19ClN2O5S. The Morgan fingerprint density at radius 2 is 1.79 bits per heavy atom. The van der Waals surface area contributed by atoms with E-state index in [2.05, 4.69) is 0 Å². The second-order valence-corrected chi connectivity index (χ2v) is 9.00. The Labute approximate surface area is 168 Å². The SMILES string of the molecule is COC(=O)c1ccc2c(c1)CCN2C(=O)c1ccc(Cl)c(S(=O)(=O)N(C)C)c1. The van der Waals surface area contributed by atoms with Crippen LogP contribution in [0.2, 0.25) is 5.02 Å². The summed E-state index contributed by atoms with van der Waals surface area (Å²) in [6.45, 7) is 0.428. The molecule has 148 valence electrons. The Hall–Kier alpha value is -2.42. The standard InChI is InChI=1S/C19H19ClN2O5S/c1-21(2)28(25,26)17-11-13(4-6-15(17)20)18(23)22-9-8-12-10-14(19(24)27-3)5-7-16(12)22/h4-7,10-11H,8-9H2,1-3H3. The van der Waals surface area contributed by atoms with Gasteiger partial charge in [0.1, 0.15) is 4.90 Å². The van der Waals surface area contributed by atoms with Crippen molar-refractivity contribution in [3.8, 4) is 0 Å². The lowest BCUT2D eigenvalue weighted by atomic mass is 10.1. The fourth-order valence-electron chi connectivity index (χ4n) is 3.04. The summed E-state index contributed by atoms with van der Waals surface area (Å²) in [7, 11) is 0.322. The maximum Gasteiger partial charge on any atom is 0.337 e. The number of fused-ring (bicyclic) bond motifs is 1. The predicted octanol–water partition coefficient (Wildman–Crippen LogP) is 2.58. The smallest absolute Gasteiger partial charge is 0.337 e. The molecule has 0 radical (unpaired) electrons. The number of benzene rings is 2. The average Bonchev–Trinajstić information content (AvgIpc) is 3.10. The van der Waals surface area contributed by atoms with Crippen LogP contribution in [0.25, 0.3) is 0 Å². The molecule has 0 atom stereocenters. The van der Waals surface area contributed by atoms with Crippen LogP contribution < -0.4 is 4.90 Å². The number of hydrogen-bond acceptors (Lipinski definition) is 5. The fraction of sp³-hybridized carbons (Fsp3) is 0.263. The van der Waals surface area contributed by atoms with Crippen LogP contribution in [-0.2, 0) is 21.2 Å². The van der Waals surface area contributed by atoms with E-state index in [9.17, 15) is 18.0 Å². The molecule has 1 heterocycles. The Bertz CT molecular complexity index is 1070. The van der Waals surface area contributed by atoms with Crippen molar-refractivity contribution in [1.82, 2.24) is 4.31 Å². The molecule has 1 aliphatic rings. The van der Waals surface area contributed by atoms with E-state index in [0.29, 0.717) is 24.2 Å². The maximum atomic E-state index is 13.0. The number of amides is 1. The van der Waals surface area contributed by atoms with Crippen LogP contribution in [0.15, 0.2) is 41.3 Å². The van der Waals surface area contributed by atoms with Gasteiger partial charge < -0.3 is 9.64 Å². The monoisotopic (exact) mass is 422 g/mol. The molecule has 0 saturated heterocycles. The largest absolute Gasteiger partial charge is 0.465 e. The number of hydrogen-bond donors (Lipinski definition) is 0. The minimum Gasteiger partial charge on any atom is -0.465 e. The maximum absolute atomic E-state index is 13.0. The summed E-state index contributed by atoms with van der Waals surface area (Å²) in [6, 6.07) is 9.20. The van der Waals surface area contributed by atoms with Gasteiger partial charge in [0.2, 0.25) is 10.0 Å². The molecule has 0 aromatic heterocycles. The van der Waals surface area contributed by atoms with E-state index in [0.717, 1.165) is 9.87 Å². The molecule has 1 aliphatic heterocycles. The van der Waals surface area contributed by atoms with Crippen molar-refractivity contribution < 1.29 is 22.7 Å². The Morgan fingerprint density at radius 1 is 1.11 bits per heavy atom. The summed E-state index contributed by atoms with van der Waals surface area (Å²) >= 11 is 6.06. The lowest BCUT2D eigenvalue weighted by Gasteiger charge is -2.19. The van der Waals surface area contributed by atoms with Gasteiger partial charge >= 0.3 is 5.97 Å². The van der Waals surface area contributed by atoms with Crippen LogP contribution in [0.3, 0.4) is 0 Å². The highest BCUT2D eigenvalue weighted by Crippen LogP contribution is 2.32. The van der Waals surface area contributed by atoms with Gasteiger partial charge in [0.15, 0.2) is 0 Å². The van der Waals surface area contributed by atoms with E-state index < -0.39 is 16.0 Å². The number of methoxy groups -OCH3 is 1. The first-order chi connectivity index (χ1) is 13.2. The van der Waals surface area contributed by atoms with Crippen molar-refractivity contribution >= 4 is 39.2 Å². The molecule has 0 aliphatic carbocycles. The van der Waals surface area contributed by atoms with Crippen LogP contribution in [0, 0.1) is 0 Å². The normalized spacial score (nSPS) is 13.5. The second-order valence-electron chi connectivity index (χ2n) is 6.47. The summed E-state index contributed by atoms with van der Waals surface area (Å²) in [5, 5.41) is 0.0507. The van der Waals surface area contributed by atoms with Crippen molar-refractivity contribution in [3.05, 3.63) is 58.1 Å². The number of sulfonamides is 1. The Kier molecular flexibility index (Phi) is 5.47. The third-order valence-electron chi connectivity index (χ3n) is 4.58. The first-order valence-corrected chi connectivity index (χ1v) is 10.2. The van der Waals surface area contributed by atoms with Crippen molar-refractivity contribution in [2.45, 2.75) is 11.3 Å². The first kappa shape index (κ1) is 20.3. The van der Waals surface area contributed by atoms with Gasteiger partial charge in [-0.2, -0.15) is 0 Å². The Morgan fingerprint density at radius 3 is 2.43 bits per heavy atom. The molecule has 3 rings (SSSR count). The number of rotatable bonds is 4. The van der Waals surface area contributed by atoms with Gasteiger partial charge in [-0.1, -0.05) is 11.6 Å². The highest BCUT2D eigenvalue weighted by molar-refractivity contribution is 7.89.